The molecule has 1 aromatic carbocycles. The Hall–Kier alpha value is -1.64. The minimum atomic E-state index is 0.705. The minimum absolute atomic E-state index is 0.705. The number of rotatable bonds is 5. The molecule has 0 aliphatic rings. The van der Waals surface area contributed by atoms with Crippen LogP contribution in [0, 0.1) is 5.92 Å². The van der Waals surface area contributed by atoms with Crippen molar-refractivity contribution in [3.63, 3.8) is 0 Å². The molecule has 0 radical (unpaired) electrons. The van der Waals surface area contributed by atoms with Gasteiger partial charge in [0.25, 0.3) is 0 Å². The molecule has 0 aliphatic heterocycles. The average molecular weight is 243 g/mol. The summed E-state index contributed by atoms with van der Waals surface area (Å²) in [5, 5.41) is 4.54. The summed E-state index contributed by atoms with van der Waals surface area (Å²) in [6.07, 6.45) is 3.82. The van der Waals surface area contributed by atoms with Gasteiger partial charge in [-0.25, -0.2) is 9.97 Å². The molecular formula is C15H21N3. The molecule has 0 unspecified atom stereocenters. The highest BCUT2D eigenvalue weighted by Crippen LogP contribution is 2.21. The summed E-state index contributed by atoms with van der Waals surface area (Å²) >= 11 is 0. The largest absolute Gasteiger partial charge is 0.369 e. The van der Waals surface area contributed by atoms with Crippen LogP contribution in [0.1, 0.15) is 32.8 Å². The third kappa shape index (κ3) is 2.97. The zero-order valence-electron chi connectivity index (χ0n) is 11.4. The molecule has 0 amide bonds. The van der Waals surface area contributed by atoms with Crippen molar-refractivity contribution in [2.45, 2.75) is 33.6 Å². The maximum Gasteiger partial charge on any atom is 0.137 e. The molecule has 0 bridgehead atoms. The van der Waals surface area contributed by atoms with Crippen LogP contribution in [0.4, 0.5) is 5.82 Å². The smallest absolute Gasteiger partial charge is 0.137 e. The van der Waals surface area contributed by atoms with E-state index in [1.807, 2.05) is 0 Å². The van der Waals surface area contributed by atoms with Crippen LogP contribution in [0.3, 0.4) is 0 Å². The molecule has 0 saturated heterocycles. The number of fused-ring (bicyclic) bond motifs is 1. The SMILES string of the molecule is CCc1ccc2ncnc(NCCC(C)C)c2c1. The Kier molecular flexibility index (Phi) is 4.13. The molecule has 3 nitrogen and oxygen atoms in total. The zero-order chi connectivity index (χ0) is 13.0. The quantitative estimate of drug-likeness (QED) is 0.871. The highest BCUT2D eigenvalue weighted by atomic mass is 15.0. The van der Waals surface area contributed by atoms with E-state index in [1.165, 1.54) is 5.56 Å². The fourth-order valence-electron chi connectivity index (χ4n) is 1.94. The standard InChI is InChI=1S/C15H21N3/c1-4-12-5-6-14-13(9-12)15(18-10-17-14)16-8-7-11(2)3/h5-6,9-11H,4,7-8H2,1-3H3,(H,16,17,18). The monoisotopic (exact) mass is 243 g/mol. The maximum atomic E-state index is 4.36. The fraction of sp³-hybridized carbons (Fsp3) is 0.467. The normalized spacial score (nSPS) is 11.1. The molecule has 1 N–H and O–H groups in total. The first-order valence-electron chi connectivity index (χ1n) is 6.68. The molecule has 1 aromatic heterocycles. The second-order valence-corrected chi connectivity index (χ2v) is 5.04. The molecular weight excluding hydrogens is 222 g/mol. The number of aryl methyl sites for hydroxylation is 1. The van der Waals surface area contributed by atoms with E-state index < -0.39 is 0 Å². The van der Waals surface area contributed by atoms with Gasteiger partial charge in [-0.15, -0.1) is 0 Å². The van der Waals surface area contributed by atoms with Gasteiger partial charge in [0, 0.05) is 11.9 Å². The summed E-state index contributed by atoms with van der Waals surface area (Å²) in [5.74, 6) is 1.66. The molecule has 18 heavy (non-hydrogen) atoms. The maximum absolute atomic E-state index is 4.36. The van der Waals surface area contributed by atoms with Crippen molar-refractivity contribution in [2.24, 2.45) is 5.92 Å². The first-order chi connectivity index (χ1) is 8.70. The average Bonchev–Trinajstić information content (AvgIpc) is 2.38. The predicted molar refractivity (Wildman–Crippen MR) is 76.9 cm³/mol. The van der Waals surface area contributed by atoms with E-state index in [4.69, 9.17) is 0 Å². The molecule has 1 heterocycles. The van der Waals surface area contributed by atoms with Gasteiger partial charge in [-0.2, -0.15) is 0 Å². The van der Waals surface area contributed by atoms with Gasteiger partial charge in [0.15, 0.2) is 0 Å². The van der Waals surface area contributed by atoms with Gasteiger partial charge >= 0.3 is 0 Å². The Morgan fingerprint density at radius 1 is 1.22 bits per heavy atom. The van der Waals surface area contributed by atoms with Crippen LogP contribution in [-0.4, -0.2) is 16.5 Å². The Balaban J connectivity index is 2.25. The molecule has 3 heteroatoms. The number of hydrogen-bond donors (Lipinski definition) is 1. The topological polar surface area (TPSA) is 37.8 Å². The predicted octanol–water partition coefficient (Wildman–Crippen LogP) is 3.65. The van der Waals surface area contributed by atoms with Crippen LogP contribution in [0.2, 0.25) is 0 Å². The Morgan fingerprint density at radius 2 is 2.06 bits per heavy atom. The Morgan fingerprint density at radius 3 is 2.78 bits per heavy atom. The molecule has 96 valence electrons. The molecule has 0 atom stereocenters. The number of anilines is 1. The van der Waals surface area contributed by atoms with Crippen molar-refractivity contribution in [3.8, 4) is 0 Å². The third-order valence-electron chi connectivity index (χ3n) is 3.12. The van der Waals surface area contributed by atoms with E-state index in [0.717, 1.165) is 36.1 Å². The number of nitrogens with one attached hydrogen (secondary N) is 1. The summed E-state index contributed by atoms with van der Waals surface area (Å²) in [4.78, 5) is 8.67. The molecule has 0 saturated carbocycles. The van der Waals surface area contributed by atoms with Gasteiger partial charge in [-0.05, 0) is 36.5 Å². The fourth-order valence-corrected chi connectivity index (χ4v) is 1.94. The van der Waals surface area contributed by atoms with Crippen LogP contribution in [0.25, 0.3) is 10.9 Å². The second-order valence-electron chi connectivity index (χ2n) is 5.04. The first kappa shape index (κ1) is 12.8. The van der Waals surface area contributed by atoms with Crippen molar-refractivity contribution >= 4 is 16.7 Å². The summed E-state index contributed by atoms with van der Waals surface area (Å²) in [6.45, 7) is 7.58. The summed E-state index contributed by atoms with van der Waals surface area (Å²) < 4.78 is 0. The summed E-state index contributed by atoms with van der Waals surface area (Å²) in [7, 11) is 0. The van der Waals surface area contributed by atoms with Gasteiger partial charge in [0.05, 0.1) is 5.52 Å². The minimum Gasteiger partial charge on any atom is -0.369 e. The molecule has 0 aliphatic carbocycles. The van der Waals surface area contributed by atoms with E-state index >= 15 is 0 Å². The van der Waals surface area contributed by atoms with E-state index in [-0.39, 0.29) is 0 Å². The van der Waals surface area contributed by atoms with Crippen LogP contribution >= 0.6 is 0 Å². The number of hydrogen-bond acceptors (Lipinski definition) is 3. The molecule has 2 aromatic rings. The highest BCUT2D eigenvalue weighted by Gasteiger charge is 2.04. The van der Waals surface area contributed by atoms with Crippen molar-refractivity contribution < 1.29 is 0 Å². The first-order valence-corrected chi connectivity index (χ1v) is 6.68. The lowest BCUT2D eigenvalue weighted by Gasteiger charge is -2.10. The van der Waals surface area contributed by atoms with Crippen molar-refractivity contribution in [3.05, 3.63) is 30.1 Å². The molecule has 2 rings (SSSR count). The lowest BCUT2D eigenvalue weighted by Crippen LogP contribution is -2.07. The van der Waals surface area contributed by atoms with Crippen molar-refractivity contribution in [1.82, 2.24) is 9.97 Å². The van der Waals surface area contributed by atoms with E-state index in [1.54, 1.807) is 6.33 Å². The van der Waals surface area contributed by atoms with Crippen molar-refractivity contribution in [2.75, 3.05) is 11.9 Å². The molecule has 0 spiro atoms. The Labute approximate surface area is 109 Å². The number of benzene rings is 1. The van der Waals surface area contributed by atoms with Crippen molar-refractivity contribution in [1.29, 1.82) is 0 Å². The summed E-state index contributed by atoms with van der Waals surface area (Å²) in [6, 6.07) is 6.39. The lowest BCUT2D eigenvalue weighted by molar-refractivity contribution is 0.607. The van der Waals surface area contributed by atoms with Crippen LogP contribution < -0.4 is 5.32 Å². The third-order valence-corrected chi connectivity index (χ3v) is 3.12. The summed E-state index contributed by atoms with van der Waals surface area (Å²) in [5.41, 5.74) is 2.33. The van der Waals surface area contributed by atoms with Crippen LogP contribution in [0.15, 0.2) is 24.5 Å². The Bertz CT molecular complexity index is 520. The lowest BCUT2D eigenvalue weighted by atomic mass is 10.1. The van der Waals surface area contributed by atoms with Gasteiger partial charge in [-0.1, -0.05) is 26.8 Å². The van der Waals surface area contributed by atoms with Crippen LogP contribution in [-0.2, 0) is 6.42 Å². The highest BCUT2D eigenvalue weighted by molar-refractivity contribution is 5.89. The van der Waals surface area contributed by atoms with Gasteiger partial charge in [0.1, 0.15) is 12.1 Å². The van der Waals surface area contributed by atoms with Gasteiger partial charge in [0.2, 0.25) is 0 Å². The van der Waals surface area contributed by atoms with Gasteiger partial charge < -0.3 is 5.32 Å². The number of aromatic nitrogens is 2. The number of nitrogens with zero attached hydrogens (tertiary/aromatic N) is 2. The van der Waals surface area contributed by atoms with Gasteiger partial charge in [-0.3, -0.25) is 0 Å². The zero-order valence-corrected chi connectivity index (χ0v) is 11.4. The second kappa shape index (κ2) is 5.80. The molecule has 0 fully saturated rings. The van der Waals surface area contributed by atoms with Crippen LogP contribution in [0.5, 0.6) is 0 Å². The van der Waals surface area contributed by atoms with E-state index in [0.29, 0.717) is 5.92 Å². The van der Waals surface area contributed by atoms with E-state index in [9.17, 15) is 0 Å². The van der Waals surface area contributed by atoms with E-state index in [2.05, 4.69) is 54.3 Å².